The van der Waals surface area contributed by atoms with Gasteiger partial charge in [0.1, 0.15) is 12.4 Å². The maximum absolute atomic E-state index is 12.8. The summed E-state index contributed by atoms with van der Waals surface area (Å²) in [7, 11) is 0. The molecule has 17 heavy (non-hydrogen) atoms. The van der Waals surface area contributed by atoms with E-state index in [1.54, 1.807) is 0 Å². The lowest BCUT2D eigenvalue weighted by atomic mass is 10.1. The molecule has 1 aliphatic rings. The molecule has 0 radical (unpaired) electrons. The van der Waals surface area contributed by atoms with Crippen LogP contribution in [0.25, 0.3) is 0 Å². The first-order valence-corrected chi connectivity index (χ1v) is 4.45. The number of ether oxygens (including phenoxy) is 1. The van der Waals surface area contributed by atoms with Crippen molar-refractivity contribution in [2.24, 2.45) is 0 Å². The van der Waals surface area contributed by atoms with Crippen molar-refractivity contribution in [3.63, 3.8) is 0 Å². The van der Waals surface area contributed by atoms with Crippen LogP contribution in [0.3, 0.4) is 0 Å². The Bertz CT molecular complexity index is 468. The monoisotopic (exact) mass is 262 g/mol. The van der Waals surface area contributed by atoms with E-state index < -0.39 is 22.9 Å². The fraction of sp³-hybridized carbons (Fsp3) is 0.222. The predicted octanol–water partition coefficient (Wildman–Crippen LogP) is 1.94. The molecule has 1 amide bonds. The number of alkyl carbamates (subject to hydrolysis) is 1. The first-order valence-electron chi connectivity index (χ1n) is 4.45. The lowest BCUT2D eigenvalue weighted by Crippen LogP contribution is -2.19. The van der Waals surface area contributed by atoms with Gasteiger partial charge in [0, 0.05) is 0 Å². The third kappa shape index (κ3) is 2.62. The van der Waals surface area contributed by atoms with Crippen LogP contribution in [-0.2, 0) is 4.74 Å². The molecule has 1 fully saturated rings. The van der Waals surface area contributed by atoms with Crippen molar-refractivity contribution in [2.45, 2.75) is 6.04 Å². The lowest BCUT2D eigenvalue weighted by Gasteiger charge is -2.07. The molecule has 1 atom stereocenters. The molecule has 1 heterocycles. The molecule has 0 bridgehead atoms. The molecule has 2 rings (SSSR count). The molecule has 0 saturated carbocycles. The highest BCUT2D eigenvalue weighted by atomic mass is 35.5. The quantitative estimate of drug-likeness (QED) is 0.652. The van der Waals surface area contributed by atoms with Gasteiger partial charge in [-0.2, -0.15) is 0 Å². The first-order chi connectivity index (χ1) is 7.58. The Morgan fingerprint density at radius 2 is 2.24 bits per heavy atom. The average Bonchev–Trinajstić information content (AvgIpc) is 2.64. The van der Waals surface area contributed by atoms with Crippen LogP contribution < -0.4 is 5.32 Å². The molecule has 0 aromatic heterocycles. The predicted molar refractivity (Wildman–Crippen MR) is 57.5 cm³/mol. The van der Waals surface area contributed by atoms with Crippen molar-refractivity contribution < 1.29 is 18.8 Å². The summed E-state index contributed by atoms with van der Waals surface area (Å²) in [6.07, 6.45) is -0.636. The van der Waals surface area contributed by atoms with Gasteiger partial charge in [-0.15, -0.1) is 12.4 Å². The number of carbonyl (C=O) groups excluding carboxylic acids is 1. The van der Waals surface area contributed by atoms with Gasteiger partial charge >= 0.3 is 6.09 Å². The second-order valence-electron chi connectivity index (χ2n) is 3.26. The van der Waals surface area contributed by atoms with Gasteiger partial charge in [0.15, 0.2) is 0 Å². The smallest absolute Gasteiger partial charge is 0.407 e. The number of nitrogens with one attached hydrogen (secondary N) is 1. The number of nitro groups is 1. The number of cyclic esters (lactones) is 1. The average molecular weight is 263 g/mol. The number of nitrogens with zero attached hydrogens (tertiary/aromatic N) is 1. The number of carbonyl (C=O) groups is 1. The van der Waals surface area contributed by atoms with Crippen molar-refractivity contribution in [2.75, 3.05) is 6.61 Å². The lowest BCUT2D eigenvalue weighted by molar-refractivity contribution is -0.385. The van der Waals surface area contributed by atoms with Crippen LogP contribution >= 0.6 is 12.4 Å². The summed E-state index contributed by atoms with van der Waals surface area (Å²) in [5, 5.41) is 13.1. The molecule has 1 N–H and O–H groups in total. The molecule has 1 saturated heterocycles. The number of nitro benzene ring substituents is 1. The summed E-state index contributed by atoms with van der Waals surface area (Å²) in [5.74, 6) is -0.694. The number of amides is 1. The minimum Gasteiger partial charge on any atom is -0.447 e. The van der Waals surface area contributed by atoms with E-state index in [-0.39, 0.29) is 30.3 Å². The largest absolute Gasteiger partial charge is 0.447 e. The summed E-state index contributed by atoms with van der Waals surface area (Å²) < 4.78 is 17.5. The summed E-state index contributed by atoms with van der Waals surface area (Å²) >= 11 is 0. The molecular formula is C9H8ClFN2O4. The minimum absolute atomic E-state index is 0. The Morgan fingerprint density at radius 1 is 1.53 bits per heavy atom. The van der Waals surface area contributed by atoms with Gasteiger partial charge in [-0.3, -0.25) is 10.1 Å². The zero-order chi connectivity index (χ0) is 11.7. The third-order valence-corrected chi connectivity index (χ3v) is 2.24. The van der Waals surface area contributed by atoms with Crippen LogP contribution in [-0.4, -0.2) is 17.6 Å². The molecule has 1 aliphatic heterocycles. The number of hydrogen-bond donors (Lipinski definition) is 1. The van der Waals surface area contributed by atoms with Crippen LogP contribution in [0.5, 0.6) is 0 Å². The summed E-state index contributed by atoms with van der Waals surface area (Å²) in [5.41, 5.74) is -0.131. The van der Waals surface area contributed by atoms with E-state index in [1.165, 1.54) is 6.07 Å². The van der Waals surface area contributed by atoms with Crippen LogP contribution in [0.4, 0.5) is 14.9 Å². The minimum atomic E-state index is -0.694. The van der Waals surface area contributed by atoms with Gasteiger partial charge in [0.25, 0.3) is 5.69 Å². The van der Waals surface area contributed by atoms with E-state index in [0.717, 1.165) is 12.1 Å². The molecule has 1 aromatic carbocycles. The van der Waals surface area contributed by atoms with E-state index >= 15 is 0 Å². The van der Waals surface area contributed by atoms with Crippen molar-refractivity contribution in [3.05, 3.63) is 39.7 Å². The molecule has 8 heteroatoms. The Balaban J connectivity index is 0.00000144. The normalized spacial score (nSPS) is 17.9. The topological polar surface area (TPSA) is 81.5 Å². The fourth-order valence-corrected chi connectivity index (χ4v) is 1.52. The van der Waals surface area contributed by atoms with Crippen molar-refractivity contribution in [1.82, 2.24) is 5.32 Å². The SMILES string of the molecule is Cl.O=C1N[C@@H](c2ccc(F)cc2[N+](=O)[O-])CO1. The van der Waals surface area contributed by atoms with Crippen molar-refractivity contribution in [3.8, 4) is 0 Å². The van der Waals surface area contributed by atoms with E-state index in [9.17, 15) is 19.3 Å². The molecule has 0 spiro atoms. The molecule has 92 valence electrons. The fourth-order valence-electron chi connectivity index (χ4n) is 1.52. The Hall–Kier alpha value is -1.89. The molecule has 6 nitrogen and oxygen atoms in total. The number of rotatable bonds is 2. The van der Waals surface area contributed by atoms with Crippen LogP contribution in [0.2, 0.25) is 0 Å². The summed E-state index contributed by atoms with van der Waals surface area (Å²) in [6, 6.07) is 2.59. The molecule has 1 aromatic rings. The zero-order valence-corrected chi connectivity index (χ0v) is 9.20. The van der Waals surface area contributed by atoms with Crippen LogP contribution in [0.15, 0.2) is 18.2 Å². The highest BCUT2D eigenvalue weighted by Crippen LogP contribution is 2.28. The number of hydrogen-bond acceptors (Lipinski definition) is 4. The highest BCUT2D eigenvalue weighted by molar-refractivity contribution is 5.85. The van der Waals surface area contributed by atoms with E-state index in [4.69, 9.17) is 0 Å². The van der Waals surface area contributed by atoms with E-state index in [2.05, 4.69) is 10.1 Å². The third-order valence-electron chi connectivity index (χ3n) is 2.24. The van der Waals surface area contributed by atoms with Crippen LogP contribution in [0.1, 0.15) is 11.6 Å². The van der Waals surface area contributed by atoms with Crippen molar-refractivity contribution >= 4 is 24.2 Å². The second kappa shape index (κ2) is 4.96. The van der Waals surface area contributed by atoms with Crippen molar-refractivity contribution in [1.29, 1.82) is 0 Å². The Morgan fingerprint density at radius 3 is 2.76 bits per heavy atom. The van der Waals surface area contributed by atoms with E-state index in [1.807, 2.05) is 0 Å². The van der Waals surface area contributed by atoms with Gasteiger partial charge in [-0.1, -0.05) is 0 Å². The van der Waals surface area contributed by atoms with Gasteiger partial charge in [0.05, 0.1) is 22.6 Å². The first kappa shape index (κ1) is 13.2. The Labute approximate surface area is 101 Å². The van der Waals surface area contributed by atoms with Gasteiger partial charge in [0.2, 0.25) is 0 Å². The standard InChI is InChI=1S/C9H7FN2O4.ClH/c10-5-1-2-6(8(3-5)12(14)15)7-4-16-9(13)11-7;/h1-3,7H,4H2,(H,11,13);1H/t7-;/m1./s1. The van der Waals surface area contributed by atoms with Gasteiger partial charge in [-0.05, 0) is 12.1 Å². The summed E-state index contributed by atoms with van der Waals surface area (Å²) in [6.45, 7) is 0.00526. The van der Waals surface area contributed by atoms with Gasteiger partial charge < -0.3 is 10.1 Å². The molecular weight excluding hydrogens is 255 g/mol. The Kier molecular flexibility index (Phi) is 3.84. The zero-order valence-electron chi connectivity index (χ0n) is 8.38. The molecule has 0 unspecified atom stereocenters. The van der Waals surface area contributed by atoms with E-state index in [0.29, 0.717) is 0 Å². The van der Waals surface area contributed by atoms with Gasteiger partial charge in [-0.25, -0.2) is 9.18 Å². The molecule has 0 aliphatic carbocycles. The van der Waals surface area contributed by atoms with Crippen LogP contribution in [0, 0.1) is 15.9 Å². The maximum atomic E-state index is 12.8. The number of benzene rings is 1. The highest BCUT2D eigenvalue weighted by Gasteiger charge is 2.29. The second-order valence-corrected chi connectivity index (χ2v) is 3.26. The summed E-state index contributed by atoms with van der Waals surface area (Å²) in [4.78, 5) is 20.8. The maximum Gasteiger partial charge on any atom is 0.407 e. The number of halogens is 2.